The number of benzene rings is 2. The predicted octanol–water partition coefficient (Wildman–Crippen LogP) is 3.43. The molecule has 3 heteroatoms. The second-order valence-corrected chi connectivity index (χ2v) is 5.97. The van der Waals surface area contributed by atoms with Crippen LogP contribution in [0.15, 0.2) is 48.5 Å². The molecule has 22 heavy (non-hydrogen) atoms. The highest BCUT2D eigenvalue weighted by Gasteiger charge is 2.30. The van der Waals surface area contributed by atoms with Crippen molar-refractivity contribution in [2.24, 2.45) is 5.73 Å². The zero-order valence-electron chi connectivity index (χ0n) is 13.0. The van der Waals surface area contributed by atoms with E-state index in [4.69, 9.17) is 5.73 Å². The van der Waals surface area contributed by atoms with Gasteiger partial charge in [-0.3, -0.25) is 4.79 Å². The van der Waals surface area contributed by atoms with Gasteiger partial charge >= 0.3 is 0 Å². The van der Waals surface area contributed by atoms with Gasteiger partial charge in [-0.1, -0.05) is 42.0 Å². The summed E-state index contributed by atoms with van der Waals surface area (Å²) in [7, 11) is 0. The Balaban J connectivity index is 1.84. The average molecular weight is 294 g/mol. The van der Waals surface area contributed by atoms with Gasteiger partial charge in [-0.2, -0.15) is 0 Å². The van der Waals surface area contributed by atoms with Gasteiger partial charge in [0.1, 0.15) is 0 Å². The number of nitrogens with zero attached hydrogens (tertiary/aromatic N) is 1. The van der Waals surface area contributed by atoms with E-state index in [0.29, 0.717) is 6.54 Å². The van der Waals surface area contributed by atoms with E-state index in [1.54, 1.807) is 0 Å². The molecule has 0 bridgehead atoms. The number of amides is 1. The fourth-order valence-corrected chi connectivity index (χ4v) is 3.18. The minimum atomic E-state index is 0.118. The Morgan fingerprint density at radius 1 is 1.23 bits per heavy atom. The van der Waals surface area contributed by atoms with Gasteiger partial charge in [-0.15, -0.1) is 0 Å². The molecule has 0 aromatic heterocycles. The monoisotopic (exact) mass is 294 g/mol. The zero-order valence-corrected chi connectivity index (χ0v) is 13.0. The molecule has 1 aliphatic rings. The first-order valence-electron chi connectivity index (χ1n) is 7.85. The number of hydrogen-bond acceptors (Lipinski definition) is 2. The Morgan fingerprint density at radius 2 is 2.00 bits per heavy atom. The number of aryl methyl sites for hydroxylation is 1. The number of nitrogens with two attached hydrogens (primary N) is 1. The summed E-state index contributed by atoms with van der Waals surface area (Å²) in [5.74, 6) is 0.118. The molecule has 1 unspecified atom stereocenters. The standard InChI is InChI=1S/C19H22N2O/c1-14-4-2-5-17(12-14)18-6-3-11-21(18)19(22)16-9-7-15(13-20)8-10-16/h2,4-5,7-10,12,18H,3,6,11,13,20H2,1H3. The highest BCUT2D eigenvalue weighted by molar-refractivity contribution is 5.94. The van der Waals surface area contributed by atoms with Crippen molar-refractivity contribution in [1.82, 2.24) is 4.90 Å². The van der Waals surface area contributed by atoms with Crippen molar-refractivity contribution < 1.29 is 4.79 Å². The van der Waals surface area contributed by atoms with Crippen molar-refractivity contribution >= 4 is 5.91 Å². The molecule has 1 fully saturated rings. The summed E-state index contributed by atoms with van der Waals surface area (Å²) >= 11 is 0. The molecule has 1 saturated heterocycles. The Kier molecular flexibility index (Phi) is 4.25. The summed E-state index contributed by atoms with van der Waals surface area (Å²) in [6.45, 7) is 3.43. The lowest BCUT2D eigenvalue weighted by atomic mass is 10.0. The molecule has 0 saturated carbocycles. The smallest absolute Gasteiger partial charge is 0.254 e. The number of hydrogen-bond donors (Lipinski definition) is 1. The molecule has 1 amide bonds. The number of carbonyl (C=O) groups is 1. The summed E-state index contributed by atoms with van der Waals surface area (Å²) in [6, 6.07) is 16.3. The van der Waals surface area contributed by atoms with E-state index >= 15 is 0 Å². The van der Waals surface area contributed by atoms with Crippen LogP contribution in [-0.2, 0) is 6.54 Å². The van der Waals surface area contributed by atoms with E-state index in [2.05, 4.69) is 31.2 Å². The normalized spacial score (nSPS) is 17.7. The van der Waals surface area contributed by atoms with Crippen molar-refractivity contribution in [3.05, 3.63) is 70.8 Å². The van der Waals surface area contributed by atoms with Crippen LogP contribution in [0.3, 0.4) is 0 Å². The summed E-state index contributed by atoms with van der Waals surface area (Å²) in [5.41, 5.74) is 9.89. The summed E-state index contributed by atoms with van der Waals surface area (Å²) in [6.07, 6.45) is 2.10. The summed E-state index contributed by atoms with van der Waals surface area (Å²) in [5, 5.41) is 0. The van der Waals surface area contributed by atoms with E-state index in [9.17, 15) is 4.79 Å². The third-order valence-electron chi connectivity index (χ3n) is 4.38. The van der Waals surface area contributed by atoms with E-state index in [0.717, 1.165) is 30.5 Å². The van der Waals surface area contributed by atoms with Gasteiger partial charge in [0, 0.05) is 18.7 Å². The van der Waals surface area contributed by atoms with Crippen LogP contribution >= 0.6 is 0 Å². The molecule has 2 N–H and O–H groups in total. The Morgan fingerprint density at radius 3 is 2.68 bits per heavy atom. The van der Waals surface area contributed by atoms with Crippen LogP contribution in [0.1, 0.15) is 45.9 Å². The third kappa shape index (κ3) is 2.90. The second kappa shape index (κ2) is 6.32. The van der Waals surface area contributed by atoms with Gasteiger partial charge in [0.15, 0.2) is 0 Å². The van der Waals surface area contributed by atoms with Crippen LogP contribution in [0.4, 0.5) is 0 Å². The molecule has 0 aliphatic carbocycles. The van der Waals surface area contributed by atoms with Gasteiger partial charge in [0.05, 0.1) is 6.04 Å². The van der Waals surface area contributed by atoms with Gasteiger partial charge in [-0.05, 0) is 43.0 Å². The highest BCUT2D eigenvalue weighted by atomic mass is 16.2. The number of likely N-dealkylation sites (tertiary alicyclic amines) is 1. The van der Waals surface area contributed by atoms with E-state index in [1.165, 1.54) is 11.1 Å². The fraction of sp³-hybridized carbons (Fsp3) is 0.316. The summed E-state index contributed by atoms with van der Waals surface area (Å²) < 4.78 is 0. The summed E-state index contributed by atoms with van der Waals surface area (Å²) in [4.78, 5) is 14.8. The lowest BCUT2D eigenvalue weighted by Gasteiger charge is -2.25. The maximum atomic E-state index is 12.8. The first-order valence-corrected chi connectivity index (χ1v) is 7.85. The van der Waals surface area contributed by atoms with Crippen LogP contribution in [-0.4, -0.2) is 17.4 Å². The topological polar surface area (TPSA) is 46.3 Å². The molecule has 114 valence electrons. The minimum Gasteiger partial charge on any atom is -0.332 e. The van der Waals surface area contributed by atoms with Crippen molar-refractivity contribution in [2.45, 2.75) is 32.4 Å². The average Bonchev–Trinajstić information content (AvgIpc) is 3.04. The van der Waals surface area contributed by atoms with Crippen LogP contribution in [0.5, 0.6) is 0 Å². The quantitative estimate of drug-likeness (QED) is 0.942. The van der Waals surface area contributed by atoms with E-state index in [1.807, 2.05) is 29.2 Å². The Bertz CT molecular complexity index is 663. The number of rotatable bonds is 3. The van der Waals surface area contributed by atoms with Crippen molar-refractivity contribution in [1.29, 1.82) is 0 Å². The zero-order chi connectivity index (χ0) is 15.5. The Hall–Kier alpha value is -2.13. The van der Waals surface area contributed by atoms with Crippen molar-refractivity contribution in [3.8, 4) is 0 Å². The van der Waals surface area contributed by atoms with Gasteiger partial charge in [0.2, 0.25) is 0 Å². The second-order valence-electron chi connectivity index (χ2n) is 5.97. The van der Waals surface area contributed by atoms with Crippen molar-refractivity contribution in [3.63, 3.8) is 0 Å². The van der Waals surface area contributed by atoms with Crippen LogP contribution < -0.4 is 5.73 Å². The lowest BCUT2D eigenvalue weighted by molar-refractivity contribution is 0.0735. The SMILES string of the molecule is Cc1cccc(C2CCCN2C(=O)c2ccc(CN)cc2)c1. The van der Waals surface area contributed by atoms with Crippen LogP contribution in [0.2, 0.25) is 0 Å². The highest BCUT2D eigenvalue weighted by Crippen LogP contribution is 2.33. The third-order valence-corrected chi connectivity index (χ3v) is 4.38. The molecule has 3 nitrogen and oxygen atoms in total. The van der Waals surface area contributed by atoms with E-state index < -0.39 is 0 Å². The number of carbonyl (C=O) groups excluding carboxylic acids is 1. The molecule has 1 aliphatic heterocycles. The maximum absolute atomic E-state index is 12.8. The Labute approximate surface area is 131 Å². The molecular weight excluding hydrogens is 272 g/mol. The van der Waals surface area contributed by atoms with Gasteiger partial charge < -0.3 is 10.6 Å². The van der Waals surface area contributed by atoms with Gasteiger partial charge in [0.25, 0.3) is 5.91 Å². The maximum Gasteiger partial charge on any atom is 0.254 e. The van der Waals surface area contributed by atoms with E-state index in [-0.39, 0.29) is 11.9 Å². The first-order chi connectivity index (χ1) is 10.7. The minimum absolute atomic E-state index is 0.118. The molecule has 3 rings (SSSR count). The first kappa shape index (κ1) is 14.8. The van der Waals surface area contributed by atoms with Crippen LogP contribution in [0, 0.1) is 6.92 Å². The molecule has 1 heterocycles. The largest absolute Gasteiger partial charge is 0.332 e. The van der Waals surface area contributed by atoms with Crippen LogP contribution in [0.25, 0.3) is 0 Å². The molecule has 0 radical (unpaired) electrons. The molecule has 2 aromatic rings. The van der Waals surface area contributed by atoms with Gasteiger partial charge in [-0.25, -0.2) is 0 Å². The molecule has 2 aromatic carbocycles. The molecule has 0 spiro atoms. The molecule has 1 atom stereocenters. The van der Waals surface area contributed by atoms with Crippen molar-refractivity contribution in [2.75, 3.05) is 6.54 Å². The lowest BCUT2D eigenvalue weighted by Crippen LogP contribution is -2.30. The molecular formula is C19H22N2O. The predicted molar refractivity (Wildman–Crippen MR) is 88.5 cm³/mol. The fourth-order valence-electron chi connectivity index (χ4n) is 3.18.